The number of hydrogen-bond acceptors (Lipinski definition) is 4. The Kier molecular flexibility index (Phi) is 5.84. The fraction of sp³-hybridized carbons (Fsp3) is 0.273. The van der Waals surface area contributed by atoms with Crippen molar-refractivity contribution in [2.45, 2.75) is 18.9 Å². The smallest absolute Gasteiger partial charge is 0.253 e. The molecule has 0 bridgehead atoms. The van der Waals surface area contributed by atoms with E-state index in [0.29, 0.717) is 37.6 Å². The van der Waals surface area contributed by atoms with E-state index in [1.807, 2.05) is 23.5 Å². The van der Waals surface area contributed by atoms with Crippen molar-refractivity contribution in [2.24, 2.45) is 0 Å². The van der Waals surface area contributed by atoms with Gasteiger partial charge in [-0.2, -0.15) is 0 Å². The average Bonchev–Trinajstić information content (AvgIpc) is 3.44. The van der Waals surface area contributed by atoms with E-state index in [1.54, 1.807) is 41.3 Å². The zero-order chi connectivity index (χ0) is 20.1. The lowest BCUT2D eigenvalue weighted by Crippen LogP contribution is -2.28. The molecule has 29 heavy (non-hydrogen) atoms. The molecule has 1 aromatic heterocycles. The van der Waals surface area contributed by atoms with Crippen molar-refractivity contribution in [3.05, 3.63) is 84.3 Å². The van der Waals surface area contributed by atoms with Crippen LogP contribution in [0.25, 0.3) is 0 Å². The summed E-state index contributed by atoms with van der Waals surface area (Å²) >= 11 is 0. The Morgan fingerprint density at radius 3 is 2.69 bits per heavy atom. The topological polar surface area (TPSA) is 60.3 Å². The monoisotopic (exact) mass is 393 g/mol. The number of rotatable bonds is 7. The van der Waals surface area contributed by atoms with E-state index < -0.39 is 0 Å². The number of aromatic nitrogens is 3. The van der Waals surface area contributed by atoms with Crippen molar-refractivity contribution >= 4 is 5.91 Å². The number of carbonyl (C=O) groups excluding carboxylic acids is 1. The lowest BCUT2D eigenvalue weighted by Gasteiger charge is -2.17. The number of benzene rings is 2. The van der Waals surface area contributed by atoms with Gasteiger partial charge in [0.05, 0.1) is 12.8 Å². The first-order valence-corrected chi connectivity index (χ1v) is 9.62. The molecule has 3 aromatic rings. The summed E-state index contributed by atoms with van der Waals surface area (Å²) in [5.74, 6) is 0.738. The van der Waals surface area contributed by atoms with Crippen LogP contribution in [-0.2, 0) is 6.54 Å². The predicted molar refractivity (Wildman–Crippen MR) is 106 cm³/mol. The molecule has 1 amide bonds. The average molecular weight is 393 g/mol. The summed E-state index contributed by atoms with van der Waals surface area (Å²) in [6.07, 6.45) is 6.26. The molecule has 0 unspecified atom stereocenters. The van der Waals surface area contributed by atoms with Crippen LogP contribution in [0.3, 0.4) is 0 Å². The van der Waals surface area contributed by atoms with Crippen LogP contribution in [0.4, 0.5) is 4.39 Å². The number of likely N-dealkylation sites (tertiary alicyclic amines) is 1. The summed E-state index contributed by atoms with van der Waals surface area (Å²) in [6, 6.07) is 13.8. The van der Waals surface area contributed by atoms with Crippen molar-refractivity contribution in [3.8, 4) is 5.75 Å². The van der Waals surface area contributed by atoms with Crippen molar-refractivity contribution in [2.75, 3.05) is 19.7 Å². The molecule has 0 aliphatic carbocycles. The van der Waals surface area contributed by atoms with E-state index in [0.717, 1.165) is 12.0 Å². The molecule has 0 N–H and O–H groups in total. The molecule has 0 saturated carbocycles. The molecule has 6 nitrogen and oxygen atoms in total. The Morgan fingerprint density at radius 2 is 1.97 bits per heavy atom. The minimum atomic E-state index is -0.238. The zero-order valence-electron chi connectivity index (χ0n) is 15.9. The van der Waals surface area contributed by atoms with Crippen LogP contribution in [0.1, 0.15) is 28.3 Å². The third kappa shape index (κ3) is 4.80. The first kappa shape index (κ1) is 19.1. The Labute approximate surface area is 168 Å². The van der Waals surface area contributed by atoms with Crippen LogP contribution < -0.4 is 4.74 Å². The summed E-state index contributed by atoms with van der Waals surface area (Å²) in [7, 11) is 0. The highest BCUT2D eigenvalue weighted by molar-refractivity contribution is 5.94. The Bertz CT molecular complexity index is 926. The summed E-state index contributed by atoms with van der Waals surface area (Å²) in [6.45, 7) is 2.43. The highest BCUT2D eigenvalue weighted by atomic mass is 19.1. The lowest BCUT2D eigenvalue weighted by atomic mass is 9.99. The van der Waals surface area contributed by atoms with Crippen LogP contribution >= 0.6 is 0 Å². The van der Waals surface area contributed by atoms with Crippen molar-refractivity contribution in [1.82, 2.24) is 19.9 Å². The number of hydrogen-bond donors (Lipinski definition) is 0. The van der Waals surface area contributed by atoms with Gasteiger partial charge < -0.3 is 9.64 Å². The van der Waals surface area contributed by atoms with Crippen LogP contribution in [0.15, 0.2) is 60.9 Å². The summed E-state index contributed by atoms with van der Waals surface area (Å²) in [5.41, 5.74) is 1.72. The number of amides is 1. The largest absolute Gasteiger partial charge is 0.493 e. The van der Waals surface area contributed by atoms with Crippen LogP contribution in [-0.4, -0.2) is 45.5 Å². The summed E-state index contributed by atoms with van der Waals surface area (Å²) in [4.78, 5) is 14.6. The normalized spacial score (nSPS) is 16.2. The molecule has 2 aromatic carbocycles. The third-order valence-electron chi connectivity index (χ3n) is 5.07. The van der Waals surface area contributed by atoms with Gasteiger partial charge in [0.1, 0.15) is 11.6 Å². The maximum Gasteiger partial charge on any atom is 0.253 e. The number of nitrogens with zero attached hydrogens (tertiary/aromatic N) is 4. The maximum atomic E-state index is 13.1. The van der Waals surface area contributed by atoms with Gasteiger partial charge in [-0.15, -0.1) is 5.10 Å². The van der Waals surface area contributed by atoms with Gasteiger partial charge in [0, 0.05) is 43.7 Å². The first-order chi connectivity index (χ1) is 14.2. The van der Waals surface area contributed by atoms with Gasteiger partial charge >= 0.3 is 0 Å². The molecular weight excluding hydrogens is 371 g/mol. The molecule has 149 valence electrons. The molecule has 1 saturated heterocycles. The predicted octanol–water partition coefficient (Wildman–Crippen LogP) is 3.33. The van der Waals surface area contributed by atoms with Gasteiger partial charge in [0.2, 0.25) is 0 Å². The van der Waals surface area contributed by atoms with Crippen LogP contribution in [0.5, 0.6) is 5.75 Å². The summed E-state index contributed by atoms with van der Waals surface area (Å²) < 4.78 is 20.5. The lowest BCUT2D eigenvalue weighted by molar-refractivity contribution is 0.0790. The molecule has 0 spiro atoms. The van der Waals surface area contributed by atoms with Crippen LogP contribution in [0, 0.1) is 12.2 Å². The number of halogens is 1. The molecule has 7 heteroatoms. The van der Waals surface area contributed by atoms with Crippen molar-refractivity contribution in [3.63, 3.8) is 0 Å². The number of carbonyl (C=O) groups is 1. The van der Waals surface area contributed by atoms with E-state index in [2.05, 4.69) is 10.3 Å². The molecular formula is C22H22FN4O2. The highest BCUT2D eigenvalue weighted by Crippen LogP contribution is 2.28. The highest BCUT2D eigenvalue weighted by Gasteiger charge is 2.27. The molecule has 1 atom stereocenters. The van der Waals surface area contributed by atoms with Gasteiger partial charge in [-0.1, -0.05) is 17.3 Å². The van der Waals surface area contributed by atoms with Gasteiger partial charge in [-0.3, -0.25) is 9.48 Å². The molecule has 1 aliphatic rings. The summed E-state index contributed by atoms with van der Waals surface area (Å²) in [5, 5.41) is 7.62. The first-order valence-electron chi connectivity index (χ1n) is 9.62. The van der Waals surface area contributed by atoms with Gasteiger partial charge in [-0.05, 0) is 48.4 Å². The van der Waals surface area contributed by atoms with E-state index in [9.17, 15) is 9.18 Å². The minimum absolute atomic E-state index is 0.0129. The second-order valence-electron chi connectivity index (χ2n) is 7.04. The standard InChI is InChI=1S/C22H22FN4O2/c23-20-6-2-17(3-7-20)19-10-13-26(16-19)22(28)18-4-8-21(9-5-18)29-15-1-12-27-14-11-24-25-27/h1-9,11,14,19H,10,12-13,15-16H2/t19-/m0/s1. The molecule has 2 heterocycles. The Balaban J connectivity index is 1.27. The second kappa shape index (κ2) is 8.86. The maximum absolute atomic E-state index is 13.1. The fourth-order valence-corrected chi connectivity index (χ4v) is 3.50. The van der Waals surface area contributed by atoms with Crippen molar-refractivity contribution in [1.29, 1.82) is 0 Å². The second-order valence-corrected chi connectivity index (χ2v) is 7.04. The third-order valence-corrected chi connectivity index (χ3v) is 5.07. The van der Waals surface area contributed by atoms with E-state index in [1.165, 1.54) is 12.1 Å². The van der Waals surface area contributed by atoms with Crippen LogP contribution in [0.2, 0.25) is 0 Å². The zero-order valence-corrected chi connectivity index (χ0v) is 15.9. The SMILES string of the molecule is O=C(c1ccc(OC[CH]Cn2ccnn2)cc1)N1CC[C@H](c2ccc(F)cc2)C1. The van der Waals surface area contributed by atoms with Gasteiger partial charge in [-0.25, -0.2) is 4.39 Å². The van der Waals surface area contributed by atoms with E-state index in [-0.39, 0.29) is 17.6 Å². The van der Waals surface area contributed by atoms with Crippen molar-refractivity contribution < 1.29 is 13.9 Å². The van der Waals surface area contributed by atoms with E-state index in [4.69, 9.17) is 4.74 Å². The Morgan fingerprint density at radius 1 is 1.17 bits per heavy atom. The Hall–Kier alpha value is -3.22. The fourth-order valence-electron chi connectivity index (χ4n) is 3.50. The number of ether oxygens (including phenoxy) is 1. The van der Waals surface area contributed by atoms with Gasteiger partial charge in [0.15, 0.2) is 0 Å². The quantitative estimate of drug-likeness (QED) is 0.578. The molecule has 1 radical (unpaired) electrons. The molecule has 1 aliphatic heterocycles. The van der Waals surface area contributed by atoms with Gasteiger partial charge in [0.25, 0.3) is 5.91 Å². The minimum Gasteiger partial charge on any atom is -0.493 e. The molecule has 4 rings (SSSR count). The molecule has 1 fully saturated rings. The van der Waals surface area contributed by atoms with E-state index >= 15 is 0 Å².